The van der Waals surface area contributed by atoms with Crippen LogP contribution in [0.5, 0.6) is 11.5 Å². The van der Waals surface area contributed by atoms with Gasteiger partial charge in [0.1, 0.15) is 29.5 Å². The fraction of sp³-hybridized carbons (Fsp3) is 0.480. The zero-order chi connectivity index (χ0) is 21.8. The number of ether oxygens (including phenoxy) is 3. The van der Waals surface area contributed by atoms with Crippen LogP contribution in [-0.4, -0.2) is 31.3 Å². The summed E-state index contributed by atoms with van der Waals surface area (Å²) in [4.78, 5) is 12.0. The van der Waals surface area contributed by atoms with Crippen molar-refractivity contribution in [3.8, 4) is 11.5 Å². The van der Waals surface area contributed by atoms with E-state index in [1.807, 2.05) is 24.3 Å². The van der Waals surface area contributed by atoms with Crippen LogP contribution >= 0.6 is 0 Å². The molecular weight excluding hydrogens is 397 g/mol. The molecule has 166 valence electrons. The summed E-state index contributed by atoms with van der Waals surface area (Å²) in [5.74, 6) is 1.35. The maximum Gasteiger partial charge on any atom is 0.249 e. The average Bonchev–Trinajstić information content (AvgIpc) is 2.79. The molecule has 2 atom stereocenters. The number of methoxy groups -OCH3 is 1. The zero-order valence-electron chi connectivity index (χ0n) is 18.1. The van der Waals surface area contributed by atoms with Crippen molar-refractivity contribution in [2.75, 3.05) is 7.11 Å². The monoisotopic (exact) mass is 427 g/mol. The van der Waals surface area contributed by atoms with Crippen molar-refractivity contribution in [3.05, 3.63) is 59.4 Å². The first-order valence-corrected chi connectivity index (χ1v) is 11.1. The molecular formula is C25H30FNO4. The van der Waals surface area contributed by atoms with Gasteiger partial charge in [0.15, 0.2) is 0 Å². The fourth-order valence-electron chi connectivity index (χ4n) is 4.34. The van der Waals surface area contributed by atoms with Crippen molar-refractivity contribution in [3.63, 3.8) is 0 Å². The van der Waals surface area contributed by atoms with Gasteiger partial charge in [0, 0.05) is 18.7 Å². The number of hydrogen-bond donors (Lipinski definition) is 1. The molecule has 2 unspecified atom stereocenters. The highest BCUT2D eigenvalue weighted by molar-refractivity contribution is 5.80. The van der Waals surface area contributed by atoms with E-state index in [1.54, 1.807) is 26.2 Å². The molecule has 0 radical (unpaired) electrons. The third kappa shape index (κ3) is 5.18. The highest BCUT2D eigenvalue weighted by Crippen LogP contribution is 2.38. The third-order valence-corrected chi connectivity index (χ3v) is 6.28. The SMILES string of the molecule is COC(C)C(=O)NC1CCC(Oc2ccc3c(c2)CCC(c2ccccc2F)O3)CC1. The summed E-state index contributed by atoms with van der Waals surface area (Å²) in [6.45, 7) is 1.75. The number of carbonyl (C=O) groups is 1. The highest BCUT2D eigenvalue weighted by atomic mass is 19.1. The van der Waals surface area contributed by atoms with Gasteiger partial charge in [0.2, 0.25) is 5.91 Å². The summed E-state index contributed by atoms with van der Waals surface area (Å²) in [5.41, 5.74) is 1.71. The molecule has 2 aliphatic rings. The number of hydrogen-bond acceptors (Lipinski definition) is 4. The summed E-state index contributed by atoms with van der Waals surface area (Å²) in [6.07, 6.45) is 4.60. The Morgan fingerprint density at radius 3 is 2.65 bits per heavy atom. The molecule has 31 heavy (non-hydrogen) atoms. The van der Waals surface area contributed by atoms with Crippen LogP contribution < -0.4 is 14.8 Å². The lowest BCUT2D eigenvalue weighted by Gasteiger charge is -2.31. The van der Waals surface area contributed by atoms with Gasteiger partial charge in [-0.05, 0) is 75.3 Å². The van der Waals surface area contributed by atoms with Crippen molar-refractivity contribution >= 4 is 5.91 Å². The molecule has 1 aliphatic carbocycles. The Kier molecular flexibility index (Phi) is 6.76. The first-order valence-electron chi connectivity index (χ1n) is 11.1. The van der Waals surface area contributed by atoms with Crippen LogP contribution in [-0.2, 0) is 16.0 Å². The van der Waals surface area contributed by atoms with Gasteiger partial charge in [-0.15, -0.1) is 0 Å². The minimum atomic E-state index is -0.426. The average molecular weight is 428 g/mol. The van der Waals surface area contributed by atoms with Gasteiger partial charge in [-0.2, -0.15) is 0 Å². The van der Waals surface area contributed by atoms with Gasteiger partial charge in [0.25, 0.3) is 0 Å². The lowest BCUT2D eigenvalue weighted by molar-refractivity contribution is -0.131. The summed E-state index contributed by atoms with van der Waals surface area (Å²) < 4.78 is 31.5. The first-order chi connectivity index (χ1) is 15.0. The van der Waals surface area contributed by atoms with Gasteiger partial charge >= 0.3 is 0 Å². The molecule has 1 heterocycles. The molecule has 0 aromatic heterocycles. The molecule has 1 aliphatic heterocycles. The number of fused-ring (bicyclic) bond motifs is 1. The van der Waals surface area contributed by atoms with E-state index in [4.69, 9.17) is 14.2 Å². The van der Waals surface area contributed by atoms with E-state index < -0.39 is 6.10 Å². The summed E-state index contributed by atoms with van der Waals surface area (Å²) in [7, 11) is 1.54. The molecule has 5 nitrogen and oxygen atoms in total. The van der Waals surface area contributed by atoms with Gasteiger partial charge < -0.3 is 19.5 Å². The predicted octanol–water partition coefficient (Wildman–Crippen LogP) is 4.73. The van der Waals surface area contributed by atoms with Gasteiger partial charge in [0.05, 0.1) is 6.10 Å². The number of carbonyl (C=O) groups excluding carboxylic acids is 1. The number of rotatable bonds is 6. The molecule has 0 saturated heterocycles. The minimum Gasteiger partial charge on any atom is -0.490 e. The van der Waals surface area contributed by atoms with Crippen molar-refractivity contribution in [1.29, 1.82) is 0 Å². The largest absolute Gasteiger partial charge is 0.490 e. The highest BCUT2D eigenvalue weighted by Gasteiger charge is 2.27. The Bertz CT molecular complexity index is 910. The van der Waals surface area contributed by atoms with Crippen molar-refractivity contribution < 1.29 is 23.4 Å². The van der Waals surface area contributed by atoms with Crippen LogP contribution in [0.15, 0.2) is 42.5 Å². The van der Waals surface area contributed by atoms with Crippen molar-refractivity contribution in [1.82, 2.24) is 5.32 Å². The molecule has 1 fully saturated rings. The lowest BCUT2D eigenvalue weighted by atomic mass is 9.92. The molecule has 1 amide bonds. The van der Waals surface area contributed by atoms with E-state index in [0.717, 1.165) is 55.6 Å². The Labute approximate surface area is 182 Å². The van der Waals surface area contributed by atoms with Gasteiger partial charge in [-0.1, -0.05) is 18.2 Å². The topological polar surface area (TPSA) is 56.8 Å². The van der Waals surface area contributed by atoms with Gasteiger partial charge in [-0.25, -0.2) is 4.39 Å². The third-order valence-electron chi connectivity index (χ3n) is 6.28. The molecule has 6 heteroatoms. The summed E-state index contributed by atoms with van der Waals surface area (Å²) >= 11 is 0. The molecule has 1 saturated carbocycles. The number of halogens is 1. The van der Waals surface area contributed by atoms with Gasteiger partial charge in [-0.3, -0.25) is 4.79 Å². The van der Waals surface area contributed by atoms with Crippen molar-refractivity contribution in [2.24, 2.45) is 0 Å². The Balaban J connectivity index is 1.31. The van der Waals surface area contributed by atoms with E-state index in [0.29, 0.717) is 5.56 Å². The van der Waals surface area contributed by atoms with E-state index >= 15 is 0 Å². The first kappa shape index (κ1) is 21.6. The second kappa shape index (κ2) is 9.69. The van der Waals surface area contributed by atoms with E-state index in [1.165, 1.54) is 6.07 Å². The predicted molar refractivity (Wildman–Crippen MR) is 116 cm³/mol. The molecule has 4 rings (SSSR count). The molecule has 0 spiro atoms. The zero-order valence-corrected chi connectivity index (χ0v) is 18.1. The normalized spacial score (nSPS) is 23.9. The quantitative estimate of drug-likeness (QED) is 0.724. The minimum absolute atomic E-state index is 0.0600. The maximum atomic E-state index is 14.1. The smallest absolute Gasteiger partial charge is 0.249 e. The van der Waals surface area contributed by atoms with Crippen LogP contribution in [0.4, 0.5) is 4.39 Å². The molecule has 0 bridgehead atoms. The number of benzene rings is 2. The lowest BCUT2D eigenvalue weighted by Crippen LogP contribution is -2.43. The van der Waals surface area contributed by atoms with Crippen LogP contribution in [0.1, 0.15) is 56.3 Å². The Morgan fingerprint density at radius 2 is 1.90 bits per heavy atom. The Hall–Kier alpha value is -2.60. The van der Waals surface area contributed by atoms with E-state index in [2.05, 4.69) is 5.32 Å². The van der Waals surface area contributed by atoms with E-state index in [9.17, 15) is 9.18 Å². The summed E-state index contributed by atoms with van der Waals surface area (Å²) in [6, 6.07) is 12.9. The van der Waals surface area contributed by atoms with Crippen LogP contribution in [0.25, 0.3) is 0 Å². The Morgan fingerprint density at radius 1 is 1.13 bits per heavy atom. The number of amides is 1. The summed E-state index contributed by atoms with van der Waals surface area (Å²) in [5, 5.41) is 3.05. The van der Waals surface area contributed by atoms with E-state index in [-0.39, 0.29) is 30.0 Å². The number of aryl methyl sites for hydroxylation is 1. The second-order valence-corrected chi connectivity index (χ2v) is 8.41. The van der Waals surface area contributed by atoms with Crippen molar-refractivity contribution in [2.45, 2.75) is 69.8 Å². The number of nitrogens with one attached hydrogen (secondary N) is 1. The van der Waals surface area contributed by atoms with Crippen LogP contribution in [0, 0.1) is 5.82 Å². The van der Waals surface area contributed by atoms with Crippen LogP contribution in [0.3, 0.4) is 0 Å². The standard InChI is InChI=1S/C25H30FNO4/c1-16(29-2)25(28)27-18-8-10-19(11-9-18)30-20-12-14-23-17(15-20)7-13-24(31-23)21-5-3-4-6-22(21)26/h3-6,12,14-16,18-19,24H,7-11,13H2,1-2H3,(H,27,28). The molecule has 2 aromatic carbocycles. The fourth-order valence-corrected chi connectivity index (χ4v) is 4.34. The maximum absolute atomic E-state index is 14.1. The molecule has 1 N–H and O–H groups in total. The van der Waals surface area contributed by atoms with Crippen LogP contribution in [0.2, 0.25) is 0 Å². The molecule has 2 aromatic rings. The second-order valence-electron chi connectivity index (χ2n) is 8.41.